The molecule has 0 aliphatic carbocycles. The number of urea groups is 1. The van der Waals surface area contributed by atoms with E-state index < -0.39 is 6.03 Å². The Hall–Kier alpha value is -0.940. The number of aliphatic hydroxyl groups excluding tert-OH is 2. The molecule has 5 nitrogen and oxygen atoms in total. The number of hydrogen-bond acceptors (Lipinski definition) is 3. The summed E-state index contributed by atoms with van der Waals surface area (Å²) in [5.41, 5.74) is 5.05. The van der Waals surface area contributed by atoms with Crippen LogP contribution in [0.25, 0.3) is 0 Å². The van der Waals surface area contributed by atoms with E-state index in [9.17, 15) is 4.79 Å². The Morgan fingerprint density at radius 2 is 2.09 bits per heavy atom. The number of hydrogen-bond donors (Lipinski definition) is 3. The zero-order valence-electron chi connectivity index (χ0n) is 6.16. The highest BCUT2D eigenvalue weighted by Gasteiger charge is 1.98. The summed E-state index contributed by atoms with van der Waals surface area (Å²) in [4.78, 5) is 13.5. The van der Waals surface area contributed by atoms with Crippen molar-refractivity contribution in [2.45, 2.75) is 12.8 Å². The summed E-state index contributed by atoms with van der Waals surface area (Å²) in [7, 11) is 0. The van der Waals surface area contributed by atoms with Crippen molar-refractivity contribution in [2.24, 2.45) is 10.7 Å². The van der Waals surface area contributed by atoms with E-state index in [2.05, 4.69) is 4.99 Å². The van der Waals surface area contributed by atoms with Gasteiger partial charge in [-0.2, -0.15) is 0 Å². The van der Waals surface area contributed by atoms with Crippen LogP contribution in [0, 0.1) is 0 Å². The summed E-state index contributed by atoms with van der Waals surface area (Å²) < 4.78 is 0. The molecule has 0 spiro atoms. The number of aliphatic hydroxyl groups is 2. The van der Waals surface area contributed by atoms with Crippen LogP contribution in [0.5, 0.6) is 0 Å². The van der Waals surface area contributed by atoms with Crippen LogP contribution in [-0.4, -0.2) is 35.2 Å². The first-order valence-electron chi connectivity index (χ1n) is 3.28. The quantitative estimate of drug-likeness (QED) is 0.473. The van der Waals surface area contributed by atoms with Gasteiger partial charge >= 0.3 is 6.03 Å². The van der Waals surface area contributed by atoms with E-state index in [1.165, 1.54) is 0 Å². The normalized spacial score (nSPS) is 11.6. The van der Waals surface area contributed by atoms with Gasteiger partial charge in [-0.15, -0.1) is 0 Å². The molecule has 5 heteroatoms. The molecular formula is C6H12N2O3. The maximum absolute atomic E-state index is 10.2. The first-order valence-corrected chi connectivity index (χ1v) is 3.28. The highest BCUT2D eigenvalue weighted by Crippen LogP contribution is 1.91. The molecule has 11 heavy (non-hydrogen) atoms. The van der Waals surface area contributed by atoms with Crippen molar-refractivity contribution in [3.8, 4) is 0 Å². The van der Waals surface area contributed by atoms with Gasteiger partial charge in [0, 0.05) is 12.3 Å². The van der Waals surface area contributed by atoms with E-state index in [1.54, 1.807) is 0 Å². The summed E-state index contributed by atoms with van der Waals surface area (Å²) >= 11 is 0. The number of nitrogens with zero attached hydrogens (tertiary/aromatic N) is 1. The van der Waals surface area contributed by atoms with Crippen molar-refractivity contribution < 1.29 is 15.0 Å². The van der Waals surface area contributed by atoms with Gasteiger partial charge in [0.25, 0.3) is 0 Å². The summed E-state index contributed by atoms with van der Waals surface area (Å²) in [5, 5.41) is 17.0. The minimum absolute atomic E-state index is 0.0117. The standard InChI is InChI=1S/C6H12N2O3/c7-6(11)8-5(4-10)2-1-3-9/h9-10H,1-4H2,(H2,7,11). The number of aliphatic imine (C=N–C) groups is 1. The Labute approximate surface area is 64.5 Å². The minimum atomic E-state index is -0.813. The van der Waals surface area contributed by atoms with Crippen LogP contribution in [0.15, 0.2) is 4.99 Å². The first kappa shape index (κ1) is 10.1. The maximum atomic E-state index is 10.2. The van der Waals surface area contributed by atoms with Crippen LogP contribution >= 0.6 is 0 Å². The molecule has 0 aromatic carbocycles. The largest absolute Gasteiger partial charge is 0.396 e. The molecule has 0 aliphatic heterocycles. The molecule has 0 saturated carbocycles. The molecule has 0 bridgehead atoms. The number of primary amides is 1. The van der Waals surface area contributed by atoms with Crippen LogP contribution in [0.1, 0.15) is 12.8 Å². The van der Waals surface area contributed by atoms with Crippen molar-refractivity contribution in [3.63, 3.8) is 0 Å². The fourth-order valence-electron chi connectivity index (χ4n) is 0.609. The Morgan fingerprint density at radius 1 is 1.45 bits per heavy atom. The SMILES string of the molecule is NC(=O)N=C(CO)CCCO. The van der Waals surface area contributed by atoms with Crippen LogP contribution in [0.4, 0.5) is 4.79 Å². The van der Waals surface area contributed by atoms with E-state index in [0.29, 0.717) is 18.6 Å². The Bertz CT molecular complexity index is 156. The van der Waals surface area contributed by atoms with Crippen molar-refractivity contribution in [3.05, 3.63) is 0 Å². The minimum Gasteiger partial charge on any atom is -0.396 e. The number of carbonyl (C=O) groups is 1. The molecule has 0 atom stereocenters. The second-order valence-electron chi connectivity index (χ2n) is 2.00. The topological polar surface area (TPSA) is 95.9 Å². The molecule has 0 heterocycles. The number of nitrogens with two attached hydrogens (primary N) is 1. The molecule has 0 rings (SSSR count). The van der Waals surface area contributed by atoms with E-state index in [-0.39, 0.29) is 13.2 Å². The van der Waals surface area contributed by atoms with Crippen molar-refractivity contribution in [1.82, 2.24) is 0 Å². The highest BCUT2D eigenvalue weighted by atomic mass is 16.3. The second-order valence-corrected chi connectivity index (χ2v) is 2.00. The fraction of sp³-hybridized carbons (Fsp3) is 0.667. The van der Waals surface area contributed by atoms with Gasteiger partial charge in [0.15, 0.2) is 0 Å². The predicted molar refractivity (Wildman–Crippen MR) is 40.4 cm³/mol. The molecule has 64 valence electrons. The second kappa shape index (κ2) is 5.82. The van der Waals surface area contributed by atoms with Crippen LogP contribution in [0.3, 0.4) is 0 Å². The van der Waals surface area contributed by atoms with Crippen LogP contribution < -0.4 is 5.73 Å². The fourth-order valence-corrected chi connectivity index (χ4v) is 0.609. The molecular weight excluding hydrogens is 148 g/mol. The highest BCUT2D eigenvalue weighted by molar-refractivity contribution is 5.95. The monoisotopic (exact) mass is 160 g/mol. The van der Waals surface area contributed by atoms with Crippen molar-refractivity contribution in [2.75, 3.05) is 13.2 Å². The molecule has 0 unspecified atom stereocenters. The average molecular weight is 160 g/mol. The van der Waals surface area contributed by atoms with Gasteiger partial charge in [-0.25, -0.2) is 9.79 Å². The number of carbonyl (C=O) groups excluding carboxylic acids is 1. The van der Waals surface area contributed by atoms with E-state index in [1.807, 2.05) is 0 Å². The lowest BCUT2D eigenvalue weighted by Gasteiger charge is -1.98. The molecule has 0 radical (unpaired) electrons. The number of amides is 2. The summed E-state index contributed by atoms with van der Waals surface area (Å²) in [6.45, 7) is -0.277. The van der Waals surface area contributed by atoms with E-state index >= 15 is 0 Å². The Morgan fingerprint density at radius 3 is 2.45 bits per heavy atom. The summed E-state index contributed by atoms with van der Waals surface area (Å²) in [5.74, 6) is 0. The Kier molecular flexibility index (Phi) is 5.32. The third kappa shape index (κ3) is 5.50. The van der Waals surface area contributed by atoms with E-state index in [4.69, 9.17) is 15.9 Å². The van der Waals surface area contributed by atoms with Gasteiger partial charge in [-0.3, -0.25) is 0 Å². The summed E-state index contributed by atoms with van der Waals surface area (Å²) in [6.07, 6.45) is 0.878. The smallest absolute Gasteiger partial charge is 0.338 e. The zero-order valence-corrected chi connectivity index (χ0v) is 6.16. The molecule has 0 aromatic heterocycles. The molecule has 0 aliphatic rings. The third-order valence-corrected chi connectivity index (χ3v) is 1.07. The number of rotatable bonds is 4. The van der Waals surface area contributed by atoms with Crippen LogP contribution in [-0.2, 0) is 0 Å². The lowest BCUT2D eigenvalue weighted by atomic mass is 10.2. The lowest BCUT2D eigenvalue weighted by Crippen LogP contribution is -2.13. The van der Waals surface area contributed by atoms with Gasteiger partial charge < -0.3 is 15.9 Å². The van der Waals surface area contributed by atoms with Gasteiger partial charge in [0.2, 0.25) is 0 Å². The first-order chi connectivity index (χ1) is 5.20. The summed E-state index contributed by atoms with van der Waals surface area (Å²) in [6, 6.07) is -0.813. The third-order valence-electron chi connectivity index (χ3n) is 1.07. The van der Waals surface area contributed by atoms with Crippen molar-refractivity contribution in [1.29, 1.82) is 0 Å². The van der Waals surface area contributed by atoms with Gasteiger partial charge in [0.1, 0.15) is 0 Å². The predicted octanol–water partition coefficient (Wildman–Crippen LogP) is -0.729. The molecule has 0 saturated heterocycles. The van der Waals surface area contributed by atoms with Crippen LogP contribution in [0.2, 0.25) is 0 Å². The molecule has 2 amide bonds. The van der Waals surface area contributed by atoms with Gasteiger partial charge in [-0.1, -0.05) is 0 Å². The molecule has 4 N–H and O–H groups in total. The lowest BCUT2D eigenvalue weighted by molar-refractivity contribution is 0.256. The van der Waals surface area contributed by atoms with E-state index in [0.717, 1.165) is 0 Å². The molecule has 0 aromatic rings. The average Bonchev–Trinajstić information content (AvgIpc) is 1.97. The zero-order chi connectivity index (χ0) is 8.69. The van der Waals surface area contributed by atoms with Gasteiger partial charge in [-0.05, 0) is 12.8 Å². The maximum Gasteiger partial charge on any atom is 0.338 e. The molecule has 0 fully saturated rings. The Balaban J connectivity index is 3.84. The van der Waals surface area contributed by atoms with Gasteiger partial charge in [0.05, 0.1) is 6.61 Å². The van der Waals surface area contributed by atoms with Crippen molar-refractivity contribution >= 4 is 11.7 Å².